The minimum atomic E-state index is 0.478. The molecule has 0 bridgehead atoms. The molecule has 28 heavy (non-hydrogen) atoms. The highest BCUT2D eigenvalue weighted by atomic mass is 35.5. The van der Waals surface area contributed by atoms with Gasteiger partial charge in [-0.15, -0.1) is 0 Å². The lowest BCUT2D eigenvalue weighted by atomic mass is 10.1. The van der Waals surface area contributed by atoms with Crippen LogP contribution in [0.25, 0.3) is 0 Å². The Kier molecular flexibility index (Phi) is 6.55. The maximum Gasteiger partial charge on any atom is 0.229 e. The smallest absolute Gasteiger partial charge is 0.229 e. The number of hydrogen-bond donors (Lipinski definition) is 2. The second-order valence-corrected chi connectivity index (χ2v) is 6.63. The molecule has 1 heterocycles. The lowest BCUT2D eigenvalue weighted by Gasteiger charge is -2.13. The molecule has 0 amide bonds. The van der Waals surface area contributed by atoms with Crippen LogP contribution in [0.2, 0.25) is 5.02 Å². The van der Waals surface area contributed by atoms with E-state index in [0.717, 1.165) is 35.8 Å². The van der Waals surface area contributed by atoms with E-state index in [1.165, 1.54) is 5.56 Å². The van der Waals surface area contributed by atoms with Crippen molar-refractivity contribution in [2.75, 3.05) is 31.4 Å². The lowest BCUT2D eigenvalue weighted by molar-refractivity contribution is 0.414. The number of nitrogens with zero attached hydrogens (tertiary/aromatic N) is 2. The first-order valence-corrected chi connectivity index (χ1v) is 9.28. The average Bonchev–Trinajstić information content (AvgIpc) is 2.71. The van der Waals surface area contributed by atoms with Gasteiger partial charge in [0.15, 0.2) is 0 Å². The van der Waals surface area contributed by atoms with Crippen molar-refractivity contribution in [2.45, 2.75) is 13.3 Å². The molecule has 2 N–H and O–H groups in total. The summed E-state index contributed by atoms with van der Waals surface area (Å²) in [5, 5.41) is 7.16. The minimum Gasteiger partial charge on any atom is -0.497 e. The largest absolute Gasteiger partial charge is 0.497 e. The Bertz CT molecular complexity index is 949. The van der Waals surface area contributed by atoms with Crippen molar-refractivity contribution >= 4 is 29.1 Å². The van der Waals surface area contributed by atoms with Crippen LogP contribution in [0.1, 0.15) is 11.1 Å². The molecule has 1 aromatic heterocycles. The van der Waals surface area contributed by atoms with Gasteiger partial charge in [-0.1, -0.05) is 23.7 Å². The Hall–Kier alpha value is -2.99. The average molecular weight is 399 g/mol. The molecule has 146 valence electrons. The van der Waals surface area contributed by atoms with Crippen molar-refractivity contribution in [3.63, 3.8) is 0 Å². The number of methoxy groups -OCH3 is 2. The monoisotopic (exact) mass is 398 g/mol. The molecule has 0 aliphatic rings. The van der Waals surface area contributed by atoms with Crippen LogP contribution in [0.5, 0.6) is 11.5 Å². The van der Waals surface area contributed by atoms with E-state index in [-0.39, 0.29) is 0 Å². The number of anilines is 3. The van der Waals surface area contributed by atoms with E-state index in [2.05, 4.69) is 26.7 Å². The highest BCUT2D eigenvalue weighted by Gasteiger charge is 2.09. The maximum atomic E-state index is 6.16. The molecule has 0 aliphatic heterocycles. The standard InChI is InChI=1S/C21H23ClN4O2/c1-14-11-18(19(28-3)13-17(14)22)25-21-24-10-8-20(26-21)23-9-7-15-5-4-6-16(12-15)27-2/h4-6,8,10-13H,7,9H2,1-3H3,(H2,23,24,25,26). The van der Waals surface area contributed by atoms with Gasteiger partial charge in [0, 0.05) is 23.8 Å². The molecule has 0 saturated heterocycles. The highest BCUT2D eigenvalue weighted by Crippen LogP contribution is 2.32. The van der Waals surface area contributed by atoms with Crippen LogP contribution >= 0.6 is 11.6 Å². The fraction of sp³-hybridized carbons (Fsp3) is 0.238. The molecule has 0 radical (unpaired) electrons. The third-order valence-corrected chi connectivity index (χ3v) is 4.64. The Morgan fingerprint density at radius 2 is 1.93 bits per heavy atom. The topological polar surface area (TPSA) is 68.3 Å². The van der Waals surface area contributed by atoms with Crippen molar-refractivity contribution in [3.8, 4) is 11.5 Å². The molecule has 6 nitrogen and oxygen atoms in total. The first-order chi connectivity index (χ1) is 13.6. The quantitative estimate of drug-likeness (QED) is 0.565. The molecule has 0 spiro atoms. The highest BCUT2D eigenvalue weighted by molar-refractivity contribution is 6.31. The summed E-state index contributed by atoms with van der Waals surface area (Å²) >= 11 is 6.16. The van der Waals surface area contributed by atoms with Crippen LogP contribution in [-0.2, 0) is 6.42 Å². The van der Waals surface area contributed by atoms with Crippen LogP contribution in [0.4, 0.5) is 17.5 Å². The molecule has 2 aromatic carbocycles. The van der Waals surface area contributed by atoms with Crippen LogP contribution in [0.3, 0.4) is 0 Å². The fourth-order valence-electron chi connectivity index (χ4n) is 2.73. The van der Waals surface area contributed by atoms with Gasteiger partial charge in [0.1, 0.15) is 17.3 Å². The Balaban J connectivity index is 1.65. The van der Waals surface area contributed by atoms with Gasteiger partial charge in [-0.25, -0.2) is 4.98 Å². The number of ether oxygens (including phenoxy) is 2. The second kappa shape index (κ2) is 9.28. The van der Waals surface area contributed by atoms with E-state index >= 15 is 0 Å². The van der Waals surface area contributed by atoms with E-state index < -0.39 is 0 Å². The SMILES string of the molecule is COc1cccc(CCNc2ccnc(Nc3cc(C)c(Cl)cc3OC)n2)c1. The molecular weight excluding hydrogens is 376 g/mol. The van der Waals surface area contributed by atoms with Gasteiger partial charge in [0.2, 0.25) is 5.95 Å². The number of aromatic nitrogens is 2. The maximum absolute atomic E-state index is 6.16. The lowest BCUT2D eigenvalue weighted by Crippen LogP contribution is -2.08. The number of halogens is 1. The van der Waals surface area contributed by atoms with E-state index in [1.807, 2.05) is 37.3 Å². The van der Waals surface area contributed by atoms with Crippen molar-refractivity contribution < 1.29 is 9.47 Å². The zero-order chi connectivity index (χ0) is 19.9. The van der Waals surface area contributed by atoms with E-state index in [1.54, 1.807) is 26.5 Å². The van der Waals surface area contributed by atoms with Gasteiger partial charge in [-0.05, 0) is 48.7 Å². The molecular formula is C21H23ClN4O2. The van der Waals surface area contributed by atoms with Crippen molar-refractivity contribution in [1.82, 2.24) is 9.97 Å². The summed E-state index contributed by atoms with van der Waals surface area (Å²) in [7, 11) is 3.27. The fourth-order valence-corrected chi connectivity index (χ4v) is 2.88. The van der Waals surface area contributed by atoms with E-state index in [0.29, 0.717) is 16.7 Å². The van der Waals surface area contributed by atoms with Crippen molar-refractivity contribution in [3.05, 3.63) is 64.8 Å². The molecule has 0 fully saturated rings. The molecule has 7 heteroatoms. The summed E-state index contributed by atoms with van der Waals surface area (Å²) in [5.74, 6) is 2.71. The summed E-state index contributed by atoms with van der Waals surface area (Å²) in [6.45, 7) is 2.68. The summed E-state index contributed by atoms with van der Waals surface area (Å²) < 4.78 is 10.6. The second-order valence-electron chi connectivity index (χ2n) is 6.22. The Morgan fingerprint density at radius 3 is 2.71 bits per heavy atom. The van der Waals surface area contributed by atoms with Crippen molar-refractivity contribution in [2.24, 2.45) is 0 Å². The molecule has 3 aromatic rings. The van der Waals surface area contributed by atoms with Crippen LogP contribution in [0.15, 0.2) is 48.7 Å². The number of rotatable bonds is 8. The van der Waals surface area contributed by atoms with Gasteiger partial charge in [-0.2, -0.15) is 4.98 Å². The predicted octanol–water partition coefficient (Wildman–Crippen LogP) is 4.85. The normalized spacial score (nSPS) is 10.4. The molecule has 0 atom stereocenters. The van der Waals surface area contributed by atoms with Crippen LogP contribution < -0.4 is 20.1 Å². The Morgan fingerprint density at radius 1 is 1.07 bits per heavy atom. The number of nitrogens with one attached hydrogen (secondary N) is 2. The van der Waals surface area contributed by atoms with Gasteiger partial charge in [0.05, 0.1) is 19.9 Å². The Labute approximate surface area is 169 Å². The summed E-state index contributed by atoms with van der Waals surface area (Å²) in [5.41, 5.74) is 2.90. The number of benzene rings is 2. The molecule has 0 unspecified atom stereocenters. The minimum absolute atomic E-state index is 0.478. The third-order valence-electron chi connectivity index (χ3n) is 4.24. The third kappa shape index (κ3) is 5.04. The summed E-state index contributed by atoms with van der Waals surface area (Å²) in [6, 6.07) is 13.6. The molecule has 3 rings (SSSR count). The summed E-state index contributed by atoms with van der Waals surface area (Å²) in [6.07, 6.45) is 2.56. The van der Waals surface area contributed by atoms with Gasteiger partial charge < -0.3 is 20.1 Å². The van der Waals surface area contributed by atoms with E-state index in [4.69, 9.17) is 21.1 Å². The van der Waals surface area contributed by atoms with Crippen LogP contribution in [0, 0.1) is 6.92 Å². The molecule has 0 saturated carbocycles. The first kappa shape index (κ1) is 19.8. The first-order valence-electron chi connectivity index (χ1n) is 8.90. The zero-order valence-electron chi connectivity index (χ0n) is 16.1. The molecule has 0 aliphatic carbocycles. The van der Waals surface area contributed by atoms with Gasteiger partial charge >= 0.3 is 0 Å². The number of hydrogen-bond acceptors (Lipinski definition) is 6. The van der Waals surface area contributed by atoms with E-state index in [9.17, 15) is 0 Å². The van der Waals surface area contributed by atoms with Crippen molar-refractivity contribution in [1.29, 1.82) is 0 Å². The van der Waals surface area contributed by atoms with Crippen LogP contribution in [-0.4, -0.2) is 30.7 Å². The van der Waals surface area contributed by atoms with Gasteiger partial charge in [0.25, 0.3) is 0 Å². The zero-order valence-corrected chi connectivity index (χ0v) is 16.9. The van der Waals surface area contributed by atoms with Gasteiger partial charge in [-0.3, -0.25) is 0 Å². The predicted molar refractivity (Wildman–Crippen MR) is 113 cm³/mol. The number of aryl methyl sites for hydroxylation is 1. The summed E-state index contributed by atoms with van der Waals surface area (Å²) in [4.78, 5) is 8.80.